The molecule has 2 aromatic carbocycles. The van der Waals surface area contributed by atoms with Crippen molar-refractivity contribution >= 4 is 17.1 Å². The molecule has 2 aromatic heterocycles. The van der Waals surface area contributed by atoms with Gasteiger partial charge in [-0.25, -0.2) is 14.8 Å². The first-order chi connectivity index (χ1) is 14.5. The number of methoxy groups -OCH3 is 3. The Morgan fingerprint density at radius 3 is 2.13 bits per heavy atom. The van der Waals surface area contributed by atoms with Gasteiger partial charge in [-0.2, -0.15) is 0 Å². The van der Waals surface area contributed by atoms with Crippen molar-refractivity contribution in [2.75, 3.05) is 21.3 Å². The number of aromatic carboxylic acids is 1. The second-order valence-electron chi connectivity index (χ2n) is 6.42. The van der Waals surface area contributed by atoms with Gasteiger partial charge in [-0.1, -0.05) is 30.3 Å². The number of nitrogens with one attached hydrogen (secondary N) is 1. The largest absolute Gasteiger partial charge is 0.493 e. The number of carbonyl (C=O) groups is 1. The number of pyridine rings is 1. The minimum absolute atomic E-state index is 0.0680. The maximum atomic E-state index is 11.9. The van der Waals surface area contributed by atoms with Gasteiger partial charge in [-0.15, -0.1) is 0 Å². The van der Waals surface area contributed by atoms with Gasteiger partial charge >= 0.3 is 5.97 Å². The molecule has 2 heterocycles. The lowest BCUT2D eigenvalue weighted by Crippen LogP contribution is -2.01. The van der Waals surface area contributed by atoms with Crippen molar-refractivity contribution in [2.24, 2.45) is 0 Å². The molecule has 8 nitrogen and oxygen atoms in total. The number of aromatic nitrogens is 3. The Morgan fingerprint density at radius 2 is 1.57 bits per heavy atom. The maximum absolute atomic E-state index is 11.9. The fraction of sp³-hybridized carbons (Fsp3) is 0.136. The molecule has 0 bridgehead atoms. The summed E-state index contributed by atoms with van der Waals surface area (Å²) in [6.07, 6.45) is 0. The van der Waals surface area contributed by atoms with Crippen LogP contribution in [0.15, 0.2) is 48.5 Å². The van der Waals surface area contributed by atoms with Crippen LogP contribution in [0.2, 0.25) is 0 Å². The number of aromatic amines is 1. The van der Waals surface area contributed by atoms with E-state index >= 15 is 0 Å². The van der Waals surface area contributed by atoms with E-state index in [4.69, 9.17) is 14.2 Å². The van der Waals surface area contributed by atoms with Crippen LogP contribution in [-0.4, -0.2) is 47.4 Å². The Labute approximate surface area is 172 Å². The number of carboxylic acid groups (broad SMARTS) is 1. The average molecular weight is 405 g/mol. The summed E-state index contributed by atoms with van der Waals surface area (Å²) in [7, 11) is 4.54. The van der Waals surface area contributed by atoms with Crippen LogP contribution in [0.3, 0.4) is 0 Å². The number of fused-ring (bicyclic) bond motifs is 1. The van der Waals surface area contributed by atoms with Crippen LogP contribution in [0.4, 0.5) is 0 Å². The van der Waals surface area contributed by atoms with Gasteiger partial charge in [0.25, 0.3) is 0 Å². The van der Waals surface area contributed by atoms with E-state index in [2.05, 4.69) is 15.0 Å². The molecule has 0 aliphatic carbocycles. The molecule has 0 aliphatic heterocycles. The van der Waals surface area contributed by atoms with Crippen LogP contribution in [0.5, 0.6) is 17.2 Å². The molecule has 2 N–H and O–H groups in total. The molecule has 0 saturated carbocycles. The third kappa shape index (κ3) is 3.28. The van der Waals surface area contributed by atoms with Crippen LogP contribution < -0.4 is 14.2 Å². The Morgan fingerprint density at radius 1 is 0.900 bits per heavy atom. The summed E-state index contributed by atoms with van der Waals surface area (Å²) in [5, 5.41) is 9.77. The topological polar surface area (TPSA) is 107 Å². The first-order valence-electron chi connectivity index (χ1n) is 9.05. The van der Waals surface area contributed by atoms with E-state index in [-0.39, 0.29) is 5.56 Å². The first-order valence-corrected chi connectivity index (χ1v) is 9.05. The summed E-state index contributed by atoms with van der Waals surface area (Å²) < 4.78 is 16.1. The molecule has 30 heavy (non-hydrogen) atoms. The Kier molecular flexibility index (Phi) is 4.97. The summed E-state index contributed by atoms with van der Waals surface area (Å²) in [5.74, 6) is 0.784. The molecule has 0 unspecified atom stereocenters. The average Bonchev–Trinajstić information content (AvgIpc) is 3.22. The fourth-order valence-corrected chi connectivity index (χ4v) is 3.27. The fourth-order valence-electron chi connectivity index (χ4n) is 3.27. The monoisotopic (exact) mass is 405 g/mol. The number of imidazole rings is 1. The van der Waals surface area contributed by atoms with Crippen molar-refractivity contribution < 1.29 is 24.1 Å². The lowest BCUT2D eigenvalue weighted by Gasteiger charge is -2.14. The first kappa shape index (κ1) is 19.3. The van der Waals surface area contributed by atoms with Gasteiger partial charge in [0.15, 0.2) is 17.1 Å². The minimum atomic E-state index is -1.08. The van der Waals surface area contributed by atoms with Gasteiger partial charge in [0.2, 0.25) is 5.75 Å². The van der Waals surface area contributed by atoms with Crippen molar-refractivity contribution in [2.45, 2.75) is 0 Å². The Balaban J connectivity index is 1.93. The second kappa shape index (κ2) is 7.75. The molecule has 8 heteroatoms. The van der Waals surface area contributed by atoms with Crippen LogP contribution in [-0.2, 0) is 0 Å². The minimum Gasteiger partial charge on any atom is -0.493 e. The van der Waals surface area contributed by atoms with Crippen molar-refractivity contribution in [1.82, 2.24) is 15.0 Å². The maximum Gasteiger partial charge on any atom is 0.338 e. The summed E-state index contributed by atoms with van der Waals surface area (Å²) in [6.45, 7) is 0. The van der Waals surface area contributed by atoms with E-state index in [9.17, 15) is 9.90 Å². The van der Waals surface area contributed by atoms with Gasteiger partial charge in [0.1, 0.15) is 5.82 Å². The van der Waals surface area contributed by atoms with Gasteiger partial charge in [-0.3, -0.25) is 0 Å². The Hall–Kier alpha value is -4.07. The predicted molar refractivity (Wildman–Crippen MR) is 111 cm³/mol. The van der Waals surface area contributed by atoms with E-state index in [1.807, 2.05) is 30.3 Å². The Bertz CT molecular complexity index is 1210. The lowest BCUT2D eigenvalue weighted by atomic mass is 10.1. The molecule has 0 saturated heterocycles. The number of ether oxygens (including phenoxy) is 3. The van der Waals surface area contributed by atoms with Crippen molar-refractivity contribution in [3.63, 3.8) is 0 Å². The molecule has 0 radical (unpaired) electrons. The van der Waals surface area contributed by atoms with Crippen LogP contribution in [0.25, 0.3) is 33.8 Å². The smallest absolute Gasteiger partial charge is 0.338 e. The van der Waals surface area contributed by atoms with E-state index < -0.39 is 5.97 Å². The quantitative estimate of drug-likeness (QED) is 0.499. The number of nitrogens with zero attached hydrogens (tertiary/aromatic N) is 2. The molecular weight excluding hydrogens is 386 g/mol. The second-order valence-corrected chi connectivity index (χ2v) is 6.42. The highest BCUT2D eigenvalue weighted by molar-refractivity contribution is 6.02. The number of benzene rings is 2. The SMILES string of the molecule is COc1cc(-c2cc(C(=O)O)c3[nH]c(-c4ccccc4)nc3n2)cc(OC)c1OC. The van der Waals surface area contributed by atoms with Crippen molar-refractivity contribution in [3.8, 4) is 39.9 Å². The zero-order valence-corrected chi connectivity index (χ0v) is 16.6. The number of hydrogen-bond acceptors (Lipinski definition) is 6. The molecule has 0 aliphatic rings. The molecule has 4 aromatic rings. The van der Waals surface area contributed by atoms with Crippen LogP contribution in [0, 0.1) is 0 Å². The predicted octanol–water partition coefficient (Wildman–Crippen LogP) is 4.02. The summed E-state index contributed by atoms with van der Waals surface area (Å²) in [5.41, 5.74) is 2.60. The zero-order chi connectivity index (χ0) is 21.3. The molecule has 0 amide bonds. The summed E-state index contributed by atoms with van der Waals surface area (Å²) >= 11 is 0. The molecule has 0 spiro atoms. The van der Waals surface area contributed by atoms with Gasteiger partial charge in [-0.05, 0) is 18.2 Å². The van der Waals surface area contributed by atoms with Crippen molar-refractivity contribution in [1.29, 1.82) is 0 Å². The number of rotatable bonds is 6. The highest BCUT2D eigenvalue weighted by Gasteiger charge is 2.20. The van der Waals surface area contributed by atoms with Gasteiger partial charge < -0.3 is 24.3 Å². The molecular formula is C22H19N3O5. The van der Waals surface area contributed by atoms with Gasteiger partial charge in [0, 0.05) is 11.1 Å². The van der Waals surface area contributed by atoms with Crippen LogP contribution >= 0.6 is 0 Å². The third-order valence-corrected chi connectivity index (χ3v) is 4.70. The van der Waals surface area contributed by atoms with E-state index in [0.717, 1.165) is 5.56 Å². The van der Waals surface area contributed by atoms with Gasteiger partial charge in [0.05, 0.1) is 38.1 Å². The standard InChI is InChI=1S/C22H19N3O5/c1-28-16-9-13(10-17(29-2)19(16)30-3)15-11-14(22(26)27)18-21(23-15)25-20(24-18)12-7-5-4-6-8-12/h4-11H,1-3H3,(H,26,27)(H,23,24,25). The number of H-pyrrole nitrogens is 1. The molecule has 4 rings (SSSR count). The summed E-state index contributed by atoms with van der Waals surface area (Å²) in [6, 6.07) is 14.4. The third-order valence-electron chi connectivity index (χ3n) is 4.70. The van der Waals surface area contributed by atoms with Crippen LogP contribution in [0.1, 0.15) is 10.4 Å². The molecule has 0 fully saturated rings. The number of hydrogen-bond donors (Lipinski definition) is 2. The number of carboxylic acids is 1. The highest BCUT2D eigenvalue weighted by atomic mass is 16.5. The normalized spacial score (nSPS) is 10.8. The zero-order valence-electron chi connectivity index (χ0n) is 16.6. The summed E-state index contributed by atoms with van der Waals surface area (Å²) in [4.78, 5) is 24.1. The lowest BCUT2D eigenvalue weighted by molar-refractivity contribution is 0.0699. The molecule has 0 atom stereocenters. The van der Waals surface area contributed by atoms with E-state index in [0.29, 0.717) is 45.5 Å². The molecule has 152 valence electrons. The van der Waals surface area contributed by atoms with Crippen molar-refractivity contribution in [3.05, 3.63) is 54.1 Å². The van der Waals surface area contributed by atoms with E-state index in [1.54, 1.807) is 12.1 Å². The van der Waals surface area contributed by atoms with E-state index in [1.165, 1.54) is 27.4 Å². The highest BCUT2D eigenvalue weighted by Crippen LogP contribution is 2.41.